The Bertz CT molecular complexity index is 808. The molecule has 0 spiro atoms. The van der Waals surface area contributed by atoms with Gasteiger partial charge in [-0.2, -0.15) is 5.10 Å². The molecule has 1 aromatic heterocycles. The monoisotopic (exact) mass is 308 g/mol. The van der Waals surface area contributed by atoms with E-state index in [0.717, 1.165) is 16.8 Å². The van der Waals surface area contributed by atoms with Crippen molar-refractivity contribution in [2.45, 2.75) is 6.92 Å². The number of aromatic hydroxyl groups is 1. The molecule has 3 aromatic rings. The Kier molecular flexibility index (Phi) is 4.10. The number of aromatic nitrogens is 2. The highest BCUT2D eigenvalue weighted by atomic mass is 16.5. The Hall–Kier alpha value is -3.08. The molecule has 3 rings (SSSR count). The highest BCUT2D eigenvalue weighted by Gasteiger charge is 2.18. The van der Waals surface area contributed by atoms with E-state index in [-0.39, 0.29) is 18.1 Å². The van der Waals surface area contributed by atoms with E-state index in [0.29, 0.717) is 0 Å². The lowest BCUT2D eigenvalue weighted by Crippen LogP contribution is -2.06. The third-order valence-electron chi connectivity index (χ3n) is 3.40. The SMILES string of the molecule is CCOC(=O)c1nn(-c2ccc(-c3ccccc3)cc2)cc1O. The van der Waals surface area contributed by atoms with Gasteiger partial charge in [-0.3, -0.25) is 0 Å². The number of esters is 1. The molecule has 116 valence electrons. The Morgan fingerprint density at radius 1 is 1.09 bits per heavy atom. The molecule has 0 fully saturated rings. The van der Waals surface area contributed by atoms with Gasteiger partial charge < -0.3 is 9.84 Å². The zero-order valence-electron chi connectivity index (χ0n) is 12.6. The average molecular weight is 308 g/mol. The number of carbonyl (C=O) groups excluding carboxylic acids is 1. The van der Waals surface area contributed by atoms with Crippen LogP contribution in [0.2, 0.25) is 0 Å². The molecule has 5 heteroatoms. The summed E-state index contributed by atoms with van der Waals surface area (Å²) >= 11 is 0. The van der Waals surface area contributed by atoms with E-state index in [1.165, 1.54) is 10.9 Å². The van der Waals surface area contributed by atoms with E-state index >= 15 is 0 Å². The maximum atomic E-state index is 11.7. The molecule has 0 radical (unpaired) electrons. The summed E-state index contributed by atoms with van der Waals surface area (Å²) in [5, 5.41) is 13.9. The Morgan fingerprint density at radius 3 is 2.39 bits per heavy atom. The summed E-state index contributed by atoms with van der Waals surface area (Å²) in [6, 6.07) is 17.7. The minimum Gasteiger partial charge on any atom is -0.504 e. The molecule has 0 aliphatic heterocycles. The van der Waals surface area contributed by atoms with Crippen LogP contribution in [0.1, 0.15) is 17.4 Å². The van der Waals surface area contributed by atoms with Crippen LogP contribution in [-0.2, 0) is 4.74 Å². The van der Waals surface area contributed by atoms with E-state index in [2.05, 4.69) is 5.10 Å². The number of ether oxygens (including phenoxy) is 1. The first-order chi connectivity index (χ1) is 11.2. The van der Waals surface area contributed by atoms with Crippen molar-refractivity contribution < 1.29 is 14.6 Å². The fourth-order valence-corrected chi connectivity index (χ4v) is 2.28. The summed E-state index contributed by atoms with van der Waals surface area (Å²) in [4.78, 5) is 11.7. The van der Waals surface area contributed by atoms with Gasteiger partial charge >= 0.3 is 5.97 Å². The van der Waals surface area contributed by atoms with Crippen LogP contribution in [0.15, 0.2) is 60.8 Å². The lowest BCUT2D eigenvalue weighted by molar-refractivity contribution is 0.0515. The first kappa shape index (κ1) is 14.8. The van der Waals surface area contributed by atoms with Crippen molar-refractivity contribution >= 4 is 5.97 Å². The largest absolute Gasteiger partial charge is 0.504 e. The van der Waals surface area contributed by atoms with Crippen LogP contribution in [0.3, 0.4) is 0 Å². The molecule has 5 nitrogen and oxygen atoms in total. The molecular weight excluding hydrogens is 292 g/mol. The lowest BCUT2D eigenvalue weighted by Gasteiger charge is -2.04. The number of hydrogen-bond acceptors (Lipinski definition) is 4. The van der Waals surface area contributed by atoms with Gasteiger partial charge in [0.15, 0.2) is 5.75 Å². The third-order valence-corrected chi connectivity index (χ3v) is 3.40. The van der Waals surface area contributed by atoms with Gasteiger partial charge in [-0.15, -0.1) is 0 Å². The summed E-state index contributed by atoms with van der Waals surface area (Å²) in [5.41, 5.74) is 2.86. The van der Waals surface area contributed by atoms with Crippen molar-refractivity contribution in [3.63, 3.8) is 0 Å². The van der Waals surface area contributed by atoms with Crippen LogP contribution in [0.4, 0.5) is 0 Å². The minimum absolute atomic E-state index is 0.0843. The molecular formula is C18H16N2O3. The molecule has 0 unspecified atom stereocenters. The smallest absolute Gasteiger partial charge is 0.362 e. The molecule has 2 aromatic carbocycles. The van der Waals surface area contributed by atoms with E-state index in [9.17, 15) is 9.90 Å². The van der Waals surface area contributed by atoms with Gasteiger partial charge in [0.1, 0.15) is 0 Å². The van der Waals surface area contributed by atoms with Gasteiger partial charge in [0, 0.05) is 0 Å². The van der Waals surface area contributed by atoms with Crippen LogP contribution in [0.5, 0.6) is 5.75 Å². The van der Waals surface area contributed by atoms with E-state index in [4.69, 9.17) is 4.74 Å². The van der Waals surface area contributed by atoms with Crippen molar-refractivity contribution in [3.05, 3.63) is 66.5 Å². The van der Waals surface area contributed by atoms with Crippen molar-refractivity contribution in [1.29, 1.82) is 0 Å². The fraction of sp³-hybridized carbons (Fsp3) is 0.111. The number of nitrogens with zero attached hydrogens (tertiary/aromatic N) is 2. The molecule has 0 aliphatic carbocycles. The Morgan fingerprint density at radius 2 is 1.74 bits per heavy atom. The van der Waals surface area contributed by atoms with Crippen LogP contribution < -0.4 is 0 Å². The maximum absolute atomic E-state index is 11.7. The first-order valence-corrected chi connectivity index (χ1v) is 7.30. The van der Waals surface area contributed by atoms with Gasteiger partial charge in [-0.05, 0) is 30.2 Å². The minimum atomic E-state index is -0.635. The molecule has 1 N–H and O–H groups in total. The lowest BCUT2D eigenvalue weighted by atomic mass is 10.1. The molecule has 0 bridgehead atoms. The second kappa shape index (κ2) is 6.36. The average Bonchev–Trinajstić information content (AvgIpc) is 2.98. The maximum Gasteiger partial charge on any atom is 0.362 e. The molecule has 0 amide bonds. The van der Waals surface area contributed by atoms with E-state index < -0.39 is 5.97 Å². The Balaban J connectivity index is 1.88. The van der Waals surface area contributed by atoms with Gasteiger partial charge in [0.05, 0.1) is 18.5 Å². The van der Waals surface area contributed by atoms with Crippen LogP contribution in [-0.4, -0.2) is 27.5 Å². The summed E-state index contributed by atoms with van der Waals surface area (Å²) in [7, 11) is 0. The standard InChI is InChI=1S/C18H16N2O3/c1-2-23-18(22)17-16(21)12-20(19-17)15-10-8-14(9-11-15)13-6-4-3-5-7-13/h3-12,21H,2H2,1H3. The van der Waals surface area contributed by atoms with Crippen molar-refractivity contribution in [3.8, 4) is 22.6 Å². The highest BCUT2D eigenvalue weighted by Crippen LogP contribution is 2.23. The van der Waals surface area contributed by atoms with Crippen molar-refractivity contribution in [1.82, 2.24) is 9.78 Å². The number of carbonyl (C=O) groups is 1. The number of hydrogen-bond donors (Lipinski definition) is 1. The number of benzene rings is 2. The predicted molar refractivity (Wildman–Crippen MR) is 86.6 cm³/mol. The summed E-state index contributed by atoms with van der Waals surface area (Å²) < 4.78 is 6.31. The van der Waals surface area contributed by atoms with Crippen molar-refractivity contribution in [2.75, 3.05) is 6.61 Å². The van der Waals surface area contributed by atoms with E-state index in [1.54, 1.807) is 6.92 Å². The van der Waals surface area contributed by atoms with E-state index in [1.807, 2.05) is 54.6 Å². The van der Waals surface area contributed by atoms with Crippen molar-refractivity contribution in [2.24, 2.45) is 0 Å². The second-order valence-electron chi connectivity index (χ2n) is 4.94. The highest BCUT2D eigenvalue weighted by molar-refractivity contribution is 5.90. The zero-order chi connectivity index (χ0) is 16.2. The van der Waals surface area contributed by atoms with Gasteiger partial charge in [0.25, 0.3) is 0 Å². The van der Waals surface area contributed by atoms with Crippen LogP contribution in [0.25, 0.3) is 16.8 Å². The topological polar surface area (TPSA) is 64.3 Å². The van der Waals surface area contributed by atoms with Gasteiger partial charge in [0.2, 0.25) is 5.69 Å². The Labute approximate surface area is 133 Å². The summed E-state index contributed by atoms with van der Waals surface area (Å²) in [6.07, 6.45) is 1.39. The normalized spacial score (nSPS) is 10.5. The first-order valence-electron chi connectivity index (χ1n) is 7.30. The molecule has 0 saturated carbocycles. The number of rotatable bonds is 4. The summed E-state index contributed by atoms with van der Waals surface area (Å²) in [6.45, 7) is 1.94. The molecule has 0 atom stereocenters. The summed E-state index contributed by atoms with van der Waals surface area (Å²) in [5.74, 6) is -0.833. The second-order valence-corrected chi connectivity index (χ2v) is 4.94. The van der Waals surface area contributed by atoms with Gasteiger partial charge in [-0.1, -0.05) is 42.5 Å². The van der Waals surface area contributed by atoms with Crippen LogP contribution >= 0.6 is 0 Å². The van der Waals surface area contributed by atoms with Crippen LogP contribution in [0, 0.1) is 0 Å². The molecule has 1 heterocycles. The zero-order valence-corrected chi connectivity index (χ0v) is 12.6. The molecule has 0 saturated heterocycles. The third kappa shape index (κ3) is 3.08. The molecule has 23 heavy (non-hydrogen) atoms. The molecule has 0 aliphatic rings. The fourth-order valence-electron chi connectivity index (χ4n) is 2.28. The quantitative estimate of drug-likeness (QED) is 0.750. The van der Waals surface area contributed by atoms with Gasteiger partial charge in [-0.25, -0.2) is 9.48 Å². The predicted octanol–water partition coefficient (Wildman–Crippen LogP) is 3.42.